The van der Waals surface area contributed by atoms with Crippen molar-refractivity contribution in [2.45, 2.75) is 19.4 Å². The molecule has 104 valence electrons. The summed E-state index contributed by atoms with van der Waals surface area (Å²) in [6.45, 7) is 11.7. The third-order valence-electron chi connectivity index (χ3n) is 4.24. The van der Waals surface area contributed by atoms with Crippen LogP contribution < -0.4 is 5.32 Å². The Morgan fingerprint density at radius 1 is 1.17 bits per heavy atom. The highest BCUT2D eigenvalue weighted by Gasteiger charge is 2.33. The monoisotopic (exact) mass is 254 g/mol. The van der Waals surface area contributed by atoms with Crippen LogP contribution in [0.3, 0.4) is 0 Å². The Morgan fingerprint density at radius 3 is 2.44 bits per heavy atom. The van der Waals surface area contributed by atoms with Crippen LogP contribution in [0.1, 0.15) is 13.8 Å². The van der Waals surface area contributed by atoms with E-state index in [0.29, 0.717) is 6.54 Å². The normalized spacial score (nSPS) is 26.3. The van der Waals surface area contributed by atoms with Gasteiger partial charge in [-0.1, -0.05) is 0 Å². The molecule has 0 aromatic carbocycles. The van der Waals surface area contributed by atoms with E-state index >= 15 is 0 Å². The summed E-state index contributed by atoms with van der Waals surface area (Å²) in [6.07, 6.45) is 0. The summed E-state index contributed by atoms with van der Waals surface area (Å²) >= 11 is 0. The lowest BCUT2D eigenvalue weighted by molar-refractivity contribution is -0.137. The molecule has 0 unspecified atom stereocenters. The Balaban J connectivity index is 1.85. The van der Waals surface area contributed by atoms with E-state index in [0.717, 1.165) is 45.8 Å². The molecule has 2 rings (SSSR count). The second-order valence-electron chi connectivity index (χ2n) is 6.08. The van der Waals surface area contributed by atoms with Crippen LogP contribution in [0.25, 0.3) is 0 Å². The molecule has 0 spiro atoms. The lowest BCUT2D eigenvalue weighted by Crippen LogP contribution is -2.60. The van der Waals surface area contributed by atoms with Crippen LogP contribution in [0, 0.1) is 0 Å². The minimum atomic E-state index is 0.0946. The highest BCUT2D eigenvalue weighted by Crippen LogP contribution is 2.18. The Labute approximate surface area is 110 Å². The average molecular weight is 254 g/mol. The lowest BCUT2D eigenvalue weighted by Gasteiger charge is -2.45. The van der Waals surface area contributed by atoms with Crippen molar-refractivity contribution in [1.82, 2.24) is 20.0 Å². The molecular weight excluding hydrogens is 228 g/mol. The SMILES string of the molecule is CN1CCN(C(=O)CN2CCNCC2)CC1(C)C. The van der Waals surface area contributed by atoms with Gasteiger partial charge in [0.2, 0.25) is 5.91 Å². The molecule has 1 amide bonds. The quantitative estimate of drug-likeness (QED) is 0.717. The third-order valence-corrected chi connectivity index (χ3v) is 4.24. The van der Waals surface area contributed by atoms with E-state index in [9.17, 15) is 4.79 Å². The number of amides is 1. The van der Waals surface area contributed by atoms with Gasteiger partial charge in [0.15, 0.2) is 0 Å². The Bertz CT molecular complexity index is 299. The third kappa shape index (κ3) is 3.22. The average Bonchev–Trinajstić information content (AvgIpc) is 2.34. The van der Waals surface area contributed by atoms with Crippen molar-refractivity contribution in [2.24, 2.45) is 0 Å². The molecule has 1 N–H and O–H groups in total. The van der Waals surface area contributed by atoms with E-state index in [1.807, 2.05) is 4.90 Å². The maximum absolute atomic E-state index is 12.3. The van der Waals surface area contributed by atoms with Gasteiger partial charge in [-0.3, -0.25) is 14.6 Å². The van der Waals surface area contributed by atoms with Gasteiger partial charge in [0.1, 0.15) is 0 Å². The largest absolute Gasteiger partial charge is 0.338 e. The van der Waals surface area contributed by atoms with Crippen LogP contribution in [0.4, 0.5) is 0 Å². The number of carbonyl (C=O) groups excluding carboxylic acids is 1. The highest BCUT2D eigenvalue weighted by atomic mass is 16.2. The number of hydrogen-bond donors (Lipinski definition) is 1. The summed E-state index contributed by atoms with van der Waals surface area (Å²) in [6, 6.07) is 0. The molecule has 2 saturated heterocycles. The van der Waals surface area contributed by atoms with Crippen molar-refractivity contribution in [3.63, 3.8) is 0 Å². The predicted molar refractivity (Wildman–Crippen MR) is 72.6 cm³/mol. The van der Waals surface area contributed by atoms with Crippen LogP contribution in [-0.2, 0) is 4.79 Å². The maximum atomic E-state index is 12.3. The number of carbonyl (C=O) groups is 1. The molecule has 0 aromatic heterocycles. The van der Waals surface area contributed by atoms with E-state index in [4.69, 9.17) is 0 Å². The summed E-state index contributed by atoms with van der Waals surface area (Å²) in [5.74, 6) is 0.290. The molecule has 0 bridgehead atoms. The second kappa shape index (κ2) is 5.55. The Hall–Kier alpha value is -0.650. The summed E-state index contributed by atoms with van der Waals surface area (Å²) in [5.41, 5.74) is 0.0946. The van der Waals surface area contributed by atoms with E-state index in [2.05, 4.69) is 36.0 Å². The fourth-order valence-electron chi connectivity index (χ4n) is 2.61. The van der Waals surface area contributed by atoms with Gasteiger partial charge < -0.3 is 10.2 Å². The summed E-state index contributed by atoms with van der Waals surface area (Å²) in [4.78, 5) is 18.9. The smallest absolute Gasteiger partial charge is 0.236 e. The Kier molecular flexibility index (Phi) is 4.25. The zero-order chi connectivity index (χ0) is 13.2. The van der Waals surface area contributed by atoms with Crippen LogP contribution in [0.2, 0.25) is 0 Å². The molecule has 5 heteroatoms. The first-order valence-electron chi connectivity index (χ1n) is 6.91. The molecule has 0 aromatic rings. The zero-order valence-corrected chi connectivity index (χ0v) is 11.9. The van der Waals surface area contributed by atoms with Crippen molar-refractivity contribution < 1.29 is 4.79 Å². The van der Waals surface area contributed by atoms with Crippen molar-refractivity contribution >= 4 is 5.91 Å². The number of hydrogen-bond acceptors (Lipinski definition) is 4. The predicted octanol–water partition coefficient (Wildman–Crippen LogP) is -0.556. The second-order valence-corrected chi connectivity index (χ2v) is 6.08. The zero-order valence-electron chi connectivity index (χ0n) is 11.9. The van der Waals surface area contributed by atoms with E-state index < -0.39 is 0 Å². The molecule has 0 saturated carbocycles. The molecule has 2 aliphatic heterocycles. The van der Waals surface area contributed by atoms with Crippen LogP contribution in [0.15, 0.2) is 0 Å². The first-order chi connectivity index (χ1) is 8.49. The van der Waals surface area contributed by atoms with Crippen molar-refractivity contribution in [2.75, 3.05) is 59.4 Å². The van der Waals surface area contributed by atoms with Crippen LogP contribution in [-0.4, -0.2) is 85.6 Å². The van der Waals surface area contributed by atoms with Gasteiger partial charge in [-0.25, -0.2) is 0 Å². The summed E-state index contributed by atoms with van der Waals surface area (Å²) in [5, 5.41) is 3.31. The first kappa shape index (κ1) is 13.8. The summed E-state index contributed by atoms with van der Waals surface area (Å²) < 4.78 is 0. The molecule has 2 aliphatic rings. The molecule has 2 fully saturated rings. The van der Waals surface area contributed by atoms with Gasteiger partial charge in [0.25, 0.3) is 0 Å². The van der Waals surface area contributed by atoms with E-state index in [-0.39, 0.29) is 11.4 Å². The van der Waals surface area contributed by atoms with Crippen molar-refractivity contribution in [1.29, 1.82) is 0 Å². The van der Waals surface area contributed by atoms with E-state index in [1.165, 1.54) is 0 Å². The van der Waals surface area contributed by atoms with E-state index in [1.54, 1.807) is 0 Å². The summed E-state index contributed by atoms with van der Waals surface area (Å²) in [7, 11) is 2.14. The van der Waals surface area contributed by atoms with Crippen LogP contribution in [0.5, 0.6) is 0 Å². The lowest BCUT2D eigenvalue weighted by atomic mass is 10.00. The highest BCUT2D eigenvalue weighted by molar-refractivity contribution is 5.78. The van der Waals surface area contributed by atoms with Gasteiger partial charge >= 0.3 is 0 Å². The number of nitrogens with zero attached hydrogens (tertiary/aromatic N) is 3. The molecule has 0 aliphatic carbocycles. The number of nitrogens with one attached hydrogen (secondary N) is 1. The molecule has 5 nitrogen and oxygen atoms in total. The molecule has 0 atom stereocenters. The van der Waals surface area contributed by atoms with Crippen molar-refractivity contribution in [3.8, 4) is 0 Å². The number of piperazine rings is 2. The minimum absolute atomic E-state index is 0.0946. The molecule has 18 heavy (non-hydrogen) atoms. The topological polar surface area (TPSA) is 38.8 Å². The molecular formula is C13H26N4O. The fourth-order valence-corrected chi connectivity index (χ4v) is 2.61. The Morgan fingerprint density at radius 2 is 1.83 bits per heavy atom. The van der Waals surface area contributed by atoms with Gasteiger partial charge in [-0.05, 0) is 20.9 Å². The maximum Gasteiger partial charge on any atom is 0.236 e. The standard InChI is InChI=1S/C13H26N4O/c1-13(2)11-17(9-8-15(13)3)12(18)10-16-6-4-14-5-7-16/h14H,4-11H2,1-3H3. The minimum Gasteiger partial charge on any atom is -0.338 e. The van der Waals surface area contributed by atoms with Gasteiger partial charge in [0.05, 0.1) is 6.54 Å². The first-order valence-corrected chi connectivity index (χ1v) is 6.91. The number of rotatable bonds is 2. The van der Waals surface area contributed by atoms with Gasteiger partial charge in [0, 0.05) is 51.4 Å². The number of likely N-dealkylation sites (N-methyl/N-ethyl adjacent to an activating group) is 1. The van der Waals surface area contributed by atoms with Crippen LogP contribution >= 0.6 is 0 Å². The van der Waals surface area contributed by atoms with Crippen molar-refractivity contribution in [3.05, 3.63) is 0 Å². The van der Waals surface area contributed by atoms with Gasteiger partial charge in [-0.15, -0.1) is 0 Å². The molecule has 2 heterocycles. The molecule has 0 radical (unpaired) electrons. The fraction of sp³-hybridized carbons (Fsp3) is 0.923. The van der Waals surface area contributed by atoms with Gasteiger partial charge in [-0.2, -0.15) is 0 Å².